The second kappa shape index (κ2) is 7.75. The van der Waals surface area contributed by atoms with Crippen LogP contribution in [-0.2, 0) is 9.13 Å². The van der Waals surface area contributed by atoms with Gasteiger partial charge in [-0.05, 0) is 12.8 Å². The minimum absolute atomic E-state index is 0.108. The van der Waals surface area contributed by atoms with Crippen molar-refractivity contribution in [3.63, 3.8) is 0 Å². The van der Waals surface area contributed by atoms with Crippen molar-refractivity contribution in [3.8, 4) is 0 Å². The van der Waals surface area contributed by atoms with Gasteiger partial charge in [0, 0.05) is 32.9 Å². The lowest BCUT2D eigenvalue weighted by Crippen LogP contribution is -2.42. The fourth-order valence-corrected chi connectivity index (χ4v) is 13.3. The van der Waals surface area contributed by atoms with Crippen LogP contribution >= 0.6 is 14.3 Å². The molecule has 3 aromatic rings. The van der Waals surface area contributed by atoms with Crippen LogP contribution in [0.25, 0.3) is 0 Å². The predicted octanol–water partition coefficient (Wildman–Crippen LogP) is 5.63. The summed E-state index contributed by atoms with van der Waals surface area (Å²) in [4.78, 5) is 0. The Bertz CT molecular complexity index is 1020. The summed E-state index contributed by atoms with van der Waals surface area (Å²) in [6, 6.07) is 29.5. The van der Waals surface area contributed by atoms with Crippen molar-refractivity contribution in [2.45, 2.75) is 37.5 Å². The monoisotopic (exact) mass is 422 g/mol. The average molecular weight is 422 g/mol. The highest BCUT2D eigenvalue weighted by atomic mass is 31.2. The summed E-state index contributed by atoms with van der Waals surface area (Å²) < 4.78 is 29.4. The molecular formula is C25H28O2P2. The van der Waals surface area contributed by atoms with Gasteiger partial charge in [0.15, 0.2) is 0 Å². The minimum atomic E-state index is -3.05. The van der Waals surface area contributed by atoms with Crippen molar-refractivity contribution in [2.75, 3.05) is 6.16 Å². The first-order valence-electron chi connectivity index (χ1n) is 10.3. The Morgan fingerprint density at radius 2 is 1.24 bits per heavy atom. The van der Waals surface area contributed by atoms with Crippen LogP contribution in [0.1, 0.15) is 26.7 Å². The Morgan fingerprint density at radius 1 is 0.793 bits per heavy atom. The third-order valence-electron chi connectivity index (χ3n) is 6.53. The number of benzene rings is 3. The van der Waals surface area contributed by atoms with E-state index in [2.05, 4.69) is 13.8 Å². The smallest absolute Gasteiger partial charge is 0.149 e. The minimum Gasteiger partial charge on any atom is -0.318 e. The van der Waals surface area contributed by atoms with E-state index in [1.165, 1.54) is 0 Å². The summed E-state index contributed by atoms with van der Waals surface area (Å²) in [6.45, 7) is 4.17. The molecule has 150 valence electrons. The largest absolute Gasteiger partial charge is 0.318 e. The fraction of sp³-hybridized carbons (Fsp3) is 0.280. The van der Waals surface area contributed by atoms with E-state index < -0.39 is 19.4 Å². The topological polar surface area (TPSA) is 34.1 Å². The fourth-order valence-electron chi connectivity index (χ4n) is 5.04. The van der Waals surface area contributed by atoms with Crippen molar-refractivity contribution in [3.05, 3.63) is 91.0 Å². The van der Waals surface area contributed by atoms with E-state index in [9.17, 15) is 4.57 Å². The Morgan fingerprint density at radius 3 is 1.72 bits per heavy atom. The molecule has 1 aliphatic heterocycles. The van der Waals surface area contributed by atoms with E-state index >= 15 is 4.57 Å². The maximum atomic E-state index is 15.0. The van der Waals surface area contributed by atoms with E-state index in [4.69, 9.17) is 0 Å². The molecule has 0 N–H and O–H groups in total. The average Bonchev–Trinajstić information content (AvgIpc) is 3.18. The van der Waals surface area contributed by atoms with Gasteiger partial charge >= 0.3 is 0 Å². The predicted molar refractivity (Wildman–Crippen MR) is 125 cm³/mol. The zero-order valence-corrected chi connectivity index (χ0v) is 18.9. The van der Waals surface area contributed by atoms with Gasteiger partial charge in [-0.25, -0.2) is 0 Å². The Hall–Kier alpha value is -1.88. The quantitative estimate of drug-likeness (QED) is 0.500. The molecule has 1 fully saturated rings. The molecule has 29 heavy (non-hydrogen) atoms. The first kappa shape index (κ1) is 20.4. The molecule has 2 nitrogen and oxygen atoms in total. The summed E-state index contributed by atoms with van der Waals surface area (Å²) in [7, 11) is -5.71. The van der Waals surface area contributed by atoms with Crippen molar-refractivity contribution >= 4 is 30.2 Å². The van der Waals surface area contributed by atoms with Crippen LogP contribution < -0.4 is 15.9 Å². The molecule has 1 heterocycles. The summed E-state index contributed by atoms with van der Waals surface area (Å²) in [5.74, 6) is 0. The first-order valence-corrected chi connectivity index (χ1v) is 13.9. The molecule has 2 atom stereocenters. The SMILES string of the molecule is CC(C)([C@H]1CCC[P@@]1(=O)c1ccccc1)P(=O)(c1ccccc1)c1ccccc1. The summed E-state index contributed by atoms with van der Waals surface area (Å²) in [5.41, 5.74) is -0.108. The highest BCUT2D eigenvalue weighted by molar-refractivity contribution is 7.81. The summed E-state index contributed by atoms with van der Waals surface area (Å²) in [6.07, 6.45) is 2.47. The summed E-state index contributed by atoms with van der Waals surface area (Å²) >= 11 is 0. The van der Waals surface area contributed by atoms with Crippen LogP contribution in [-0.4, -0.2) is 17.0 Å². The van der Waals surface area contributed by atoms with Gasteiger partial charge in [0.1, 0.15) is 14.3 Å². The van der Waals surface area contributed by atoms with Gasteiger partial charge in [-0.3, -0.25) is 0 Å². The molecule has 0 spiro atoms. The highest BCUT2D eigenvalue weighted by Crippen LogP contribution is 2.69. The maximum Gasteiger partial charge on any atom is 0.149 e. The molecule has 0 unspecified atom stereocenters. The van der Waals surface area contributed by atoms with Crippen molar-refractivity contribution in [2.24, 2.45) is 0 Å². The first-order chi connectivity index (χ1) is 13.9. The van der Waals surface area contributed by atoms with E-state index in [1.807, 2.05) is 91.0 Å². The molecule has 4 rings (SSSR count). The van der Waals surface area contributed by atoms with Gasteiger partial charge in [0.25, 0.3) is 0 Å². The molecule has 0 aromatic heterocycles. The molecule has 1 aliphatic rings. The molecule has 1 saturated heterocycles. The van der Waals surface area contributed by atoms with Gasteiger partial charge in [-0.1, -0.05) is 105 Å². The summed E-state index contributed by atoms with van der Waals surface area (Å²) in [5, 5.41) is 2.01. The standard InChI is InChI=1S/C25H28O2P2/c1-25(2,24-19-12-20-28(24,26)21-13-6-3-7-14-21)29(27,22-15-8-4-9-16-22)23-17-10-5-11-18-23/h3-11,13-18,24H,12,19-20H2,1-2H3/t24-,28-/m1/s1. The van der Waals surface area contributed by atoms with Crippen molar-refractivity contribution in [1.82, 2.24) is 0 Å². The molecular weight excluding hydrogens is 394 g/mol. The normalized spacial score (nSPS) is 22.5. The Labute approximate surface area is 174 Å². The van der Waals surface area contributed by atoms with Gasteiger partial charge in [0.2, 0.25) is 0 Å². The zero-order valence-electron chi connectivity index (χ0n) is 17.1. The Kier molecular flexibility index (Phi) is 5.45. The van der Waals surface area contributed by atoms with Crippen LogP contribution in [0.3, 0.4) is 0 Å². The zero-order chi connectivity index (χ0) is 20.5. The highest BCUT2D eigenvalue weighted by Gasteiger charge is 2.56. The molecule has 0 amide bonds. The second-order valence-corrected chi connectivity index (χ2v) is 15.0. The molecule has 0 bridgehead atoms. The molecule has 4 heteroatoms. The van der Waals surface area contributed by atoms with Gasteiger partial charge in [0.05, 0.1) is 0 Å². The molecule has 3 aromatic carbocycles. The molecule has 0 radical (unpaired) electrons. The van der Waals surface area contributed by atoms with Crippen LogP contribution in [0.2, 0.25) is 0 Å². The van der Waals surface area contributed by atoms with E-state index in [1.54, 1.807) is 0 Å². The Balaban J connectivity index is 1.91. The van der Waals surface area contributed by atoms with Gasteiger partial charge < -0.3 is 9.13 Å². The van der Waals surface area contributed by atoms with Crippen LogP contribution in [0.4, 0.5) is 0 Å². The lowest BCUT2D eigenvalue weighted by atomic mass is 10.1. The molecule has 0 saturated carbocycles. The van der Waals surface area contributed by atoms with E-state index in [0.29, 0.717) is 6.16 Å². The number of hydrogen-bond acceptors (Lipinski definition) is 2. The van der Waals surface area contributed by atoms with E-state index in [0.717, 1.165) is 28.8 Å². The lowest BCUT2D eigenvalue weighted by molar-refractivity contribution is 0.521. The van der Waals surface area contributed by atoms with Crippen LogP contribution in [0, 0.1) is 0 Å². The number of hydrogen-bond donors (Lipinski definition) is 0. The van der Waals surface area contributed by atoms with Crippen molar-refractivity contribution in [1.29, 1.82) is 0 Å². The van der Waals surface area contributed by atoms with Crippen LogP contribution in [0.5, 0.6) is 0 Å². The van der Waals surface area contributed by atoms with Gasteiger partial charge in [-0.15, -0.1) is 0 Å². The third-order valence-corrected chi connectivity index (χ3v) is 14.8. The van der Waals surface area contributed by atoms with Crippen LogP contribution in [0.15, 0.2) is 91.0 Å². The van der Waals surface area contributed by atoms with Gasteiger partial charge in [-0.2, -0.15) is 0 Å². The number of rotatable bonds is 5. The second-order valence-electron chi connectivity index (χ2n) is 8.45. The maximum absolute atomic E-state index is 15.0. The third kappa shape index (κ3) is 3.27. The van der Waals surface area contributed by atoms with E-state index in [-0.39, 0.29) is 5.66 Å². The lowest BCUT2D eigenvalue weighted by Gasteiger charge is -2.42. The van der Waals surface area contributed by atoms with Crippen molar-refractivity contribution < 1.29 is 9.13 Å². The molecule has 0 aliphatic carbocycles.